The normalized spacial score (nSPS) is 18.3. The van der Waals surface area contributed by atoms with Crippen LogP contribution in [0.2, 0.25) is 0 Å². The van der Waals surface area contributed by atoms with E-state index in [-0.39, 0.29) is 0 Å². The Hall–Kier alpha value is -0.220. The molecular weight excluding hydrogens is 196 g/mol. The van der Waals surface area contributed by atoms with E-state index >= 15 is 0 Å². The second kappa shape index (κ2) is 7.12. The fraction of sp³-hybridized carbons (Fsp3) is 0.900. The second-order valence-corrected chi connectivity index (χ2v) is 5.07. The van der Waals surface area contributed by atoms with E-state index in [0.717, 1.165) is 31.3 Å². The van der Waals surface area contributed by atoms with Crippen LogP contribution in [0.4, 0.5) is 0 Å². The topological polar surface area (TPSA) is 59.1 Å². The Morgan fingerprint density at radius 1 is 1.36 bits per heavy atom. The van der Waals surface area contributed by atoms with Crippen LogP contribution >= 0.6 is 11.8 Å². The molecule has 1 aliphatic rings. The van der Waals surface area contributed by atoms with Crippen LogP contribution < -0.4 is 5.73 Å². The fourth-order valence-electron chi connectivity index (χ4n) is 1.51. The van der Waals surface area contributed by atoms with Crippen molar-refractivity contribution in [3.05, 3.63) is 0 Å². The van der Waals surface area contributed by atoms with Gasteiger partial charge in [-0.2, -0.15) is 11.8 Å². The summed E-state index contributed by atoms with van der Waals surface area (Å²) >= 11 is 2.06. The van der Waals surface area contributed by atoms with Gasteiger partial charge >= 0.3 is 0 Å². The lowest BCUT2D eigenvalue weighted by Gasteiger charge is -2.21. The minimum atomic E-state index is 0.320. The van der Waals surface area contributed by atoms with Gasteiger partial charge in [0.05, 0.1) is 5.84 Å². The van der Waals surface area contributed by atoms with Gasteiger partial charge in [0.1, 0.15) is 0 Å². The summed E-state index contributed by atoms with van der Waals surface area (Å²) in [7, 11) is 0. The van der Waals surface area contributed by atoms with Gasteiger partial charge in [-0.25, -0.2) is 0 Å². The van der Waals surface area contributed by atoms with Crippen molar-refractivity contribution in [2.75, 3.05) is 19.0 Å². The smallest absolute Gasteiger partial charge is 0.0905 e. The molecule has 0 unspecified atom stereocenters. The average Bonchev–Trinajstić information content (AvgIpc) is 2.18. The van der Waals surface area contributed by atoms with Crippen molar-refractivity contribution in [2.24, 2.45) is 5.73 Å². The van der Waals surface area contributed by atoms with Crippen LogP contribution in [0.15, 0.2) is 0 Å². The number of thioether (sulfide) groups is 1. The summed E-state index contributed by atoms with van der Waals surface area (Å²) < 4.78 is 5.30. The molecular formula is C10H20N2OS. The lowest BCUT2D eigenvalue weighted by atomic mass is 10.2. The highest BCUT2D eigenvalue weighted by atomic mass is 32.2. The van der Waals surface area contributed by atoms with Crippen molar-refractivity contribution in [3.8, 4) is 0 Å². The second-order valence-electron chi connectivity index (χ2n) is 3.66. The van der Waals surface area contributed by atoms with Crippen molar-refractivity contribution in [3.63, 3.8) is 0 Å². The van der Waals surface area contributed by atoms with Crippen LogP contribution in [0.3, 0.4) is 0 Å². The Balaban J connectivity index is 1.90. The summed E-state index contributed by atoms with van der Waals surface area (Å²) in [5, 5.41) is 7.89. The van der Waals surface area contributed by atoms with E-state index in [1.807, 2.05) is 0 Å². The fourth-order valence-corrected chi connectivity index (χ4v) is 2.74. The van der Waals surface area contributed by atoms with Gasteiger partial charge in [0.2, 0.25) is 0 Å². The summed E-state index contributed by atoms with van der Waals surface area (Å²) in [6.45, 7) is 1.87. The number of nitrogens with one attached hydrogen (secondary N) is 1. The van der Waals surface area contributed by atoms with Gasteiger partial charge in [-0.15, -0.1) is 0 Å². The molecule has 1 heterocycles. The monoisotopic (exact) mass is 216 g/mol. The Morgan fingerprint density at radius 3 is 2.71 bits per heavy atom. The minimum absolute atomic E-state index is 0.320. The maximum atomic E-state index is 7.08. The van der Waals surface area contributed by atoms with Crippen LogP contribution in [0.25, 0.3) is 0 Å². The highest BCUT2D eigenvalue weighted by molar-refractivity contribution is 7.99. The van der Waals surface area contributed by atoms with Gasteiger partial charge in [0.25, 0.3) is 0 Å². The van der Waals surface area contributed by atoms with Crippen molar-refractivity contribution in [1.82, 2.24) is 0 Å². The maximum Gasteiger partial charge on any atom is 0.0905 e. The molecule has 1 fully saturated rings. The number of ether oxygens (including phenoxy) is 1. The third-order valence-electron chi connectivity index (χ3n) is 2.36. The number of hydrogen-bond donors (Lipinski definition) is 2. The van der Waals surface area contributed by atoms with Crippen LogP contribution in [-0.2, 0) is 4.74 Å². The first-order chi connectivity index (χ1) is 6.79. The van der Waals surface area contributed by atoms with Gasteiger partial charge < -0.3 is 10.5 Å². The van der Waals surface area contributed by atoms with E-state index < -0.39 is 0 Å². The number of rotatable bonds is 6. The van der Waals surface area contributed by atoms with E-state index in [4.69, 9.17) is 15.9 Å². The zero-order valence-electron chi connectivity index (χ0n) is 8.63. The molecule has 0 saturated carbocycles. The van der Waals surface area contributed by atoms with Crippen LogP contribution in [0.5, 0.6) is 0 Å². The van der Waals surface area contributed by atoms with Gasteiger partial charge in [-0.1, -0.05) is 0 Å². The van der Waals surface area contributed by atoms with E-state index in [1.165, 1.54) is 25.0 Å². The number of unbranched alkanes of at least 4 members (excludes halogenated alkanes) is 1. The largest absolute Gasteiger partial charge is 0.388 e. The molecule has 0 aromatic carbocycles. The molecule has 0 amide bonds. The third kappa shape index (κ3) is 5.50. The maximum absolute atomic E-state index is 7.08. The first kappa shape index (κ1) is 11.9. The Labute approximate surface area is 90.3 Å². The molecule has 14 heavy (non-hydrogen) atoms. The summed E-state index contributed by atoms with van der Waals surface area (Å²) in [5.41, 5.74) is 5.28. The Bertz CT molecular complexity index is 170. The molecule has 1 saturated heterocycles. The highest BCUT2D eigenvalue weighted by Crippen LogP contribution is 2.22. The molecule has 1 rings (SSSR count). The van der Waals surface area contributed by atoms with Gasteiger partial charge in [0.15, 0.2) is 0 Å². The van der Waals surface area contributed by atoms with Gasteiger partial charge in [0, 0.05) is 24.9 Å². The van der Waals surface area contributed by atoms with E-state index in [0.29, 0.717) is 5.84 Å². The SMILES string of the molecule is N=C(N)CCCCSC1CCOCC1. The molecule has 3 nitrogen and oxygen atoms in total. The molecule has 0 aromatic heterocycles. The molecule has 0 aromatic rings. The lowest BCUT2D eigenvalue weighted by Crippen LogP contribution is -2.17. The molecule has 0 radical (unpaired) electrons. The molecule has 0 bridgehead atoms. The minimum Gasteiger partial charge on any atom is -0.388 e. The molecule has 0 spiro atoms. The predicted molar refractivity (Wildman–Crippen MR) is 62.1 cm³/mol. The number of hydrogen-bond acceptors (Lipinski definition) is 3. The van der Waals surface area contributed by atoms with Crippen molar-refractivity contribution in [2.45, 2.75) is 37.4 Å². The Morgan fingerprint density at radius 2 is 2.07 bits per heavy atom. The summed E-state index contributed by atoms with van der Waals surface area (Å²) in [6, 6.07) is 0. The predicted octanol–water partition coefficient (Wildman–Crippen LogP) is 2.00. The van der Waals surface area contributed by atoms with E-state index in [9.17, 15) is 0 Å². The molecule has 0 atom stereocenters. The van der Waals surface area contributed by atoms with Crippen molar-refractivity contribution < 1.29 is 4.74 Å². The molecule has 0 aliphatic carbocycles. The van der Waals surface area contributed by atoms with Crippen LogP contribution in [0, 0.1) is 5.41 Å². The molecule has 4 heteroatoms. The van der Waals surface area contributed by atoms with Gasteiger partial charge in [-0.05, 0) is 31.4 Å². The Kier molecular flexibility index (Phi) is 6.03. The standard InChI is InChI=1S/C10H20N2OS/c11-10(12)3-1-2-8-14-9-4-6-13-7-5-9/h9H,1-8H2,(H3,11,12). The van der Waals surface area contributed by atoms with Gasteiger partial charge in [-0.3, -0.25) is 5.41 Å². The summed E-state index contributed by atoms with van der Waals surface area (Å²) in [5.74, 6) is 1.53. The quantitative estimate of drug-likeness (QED) is 0.405. The average molecular weight is 216 g/mol. The molecule has 82 valence electrons. The van der Waals surface area contributed by atoms with Crippen LogP contribution in [0.1, 0.15) is 32.1 Å². The van der Waals surface area contributed by atoms with E-state index in [2.05, 4.69) is 11.8 Å². The summed E-state index contributed by atoms with van der Waals surface area (Å²) in [4.78, 5) is 0. The third-order valence-corrected chi connectivity index (χ3v) is 3.83. The van der Waals surface area contributed by atoms with Crippen molar-refractivity contribution >= 4 is 17.6 Å². The lowest BCUT2D eigenvalue weighted by molar-refractivity contribution is 0.100. The van der Waals surface area contributed by atoms with E-state index in [1.54, 1.807) is 0 Å². The van der Waals surface area contributed by atoms with Crippen molar-refractivity contribution in [1.29, 1.82) is 5.41 Å². The zero-order valence-corrected chi connectivity index (χ0v) is 9.44. The molecule has 3 N–H and O–H groups in total. The number of amidine groups is 1. The number of nitrogens with two attached hydrogens (primary N) is 1. The summed E-state index contributed by atoms with van der Waals surface area (Å²) in [6.07, 6.45) is 5.41. The first-order valence-corrected chi connectivity index (χ1v) is 6.36. The zero-order chi connectivity index (χ0) is 10.2. The van der Waals surface area contributed by atoms with Crippen LogP contribution in [-0.4, -0.2) is 30.1 Å². The highest BCUT2D eigenvalue weighted by Gasteiger charge is 2.13. The molecule has 1 aliphatic heterocycles. The first-order valence-electron chi connectivity index (χ1n) is 5.31.